The molecule has 4 nitrogen and oxygen atoms in total. The first-order valence-electron chi connectivity index (χ1n) is 7.28. The molecular formula is C19H16O4. The maximum absolute atomic E-state index is 11.8. The van der Waals surface area contributed by atoms with Crippen molar-refractivity contribution in [3.8, 4) is 11.5 Å². The maximum Gasteiger partial charge on any atom is 0.185 e. The molecule has 0 saturated carbocycles. The normalized spacial score (nSPS) is 10.3. The molecule has 1 heterocycles. The minimum Gasteiger partial charge on any atom is -0.486 e. The summed E-state index contributed by atoms with van der Waals surface area (Å²) in [6, 6.07) is 21.6. The van der Waals surface area contributed by atoms with Crippen molar-refractivity contribution in [1.29, 1.82) is 0 Å². The van der Waals surface area contributed by atoms with Crippen LogP contribution in [0.25, 0.3) is 0 Å². The average molecular weight is 308 g/mol. The van der Waals surface area contributed by atoms with Gasteiger partial charge >= 0.3 is 0 Å². The van der Waals surface area contributed by atoms with Gasteiger partial charge in [-0.2, -0.15) is 0 Å². The molecule has 0 fully saturated rings. The van der Waals surface area contributed by atoms with Crippen molar-refractivity contribution in [2.75, 3.05) is 0 Å². The van der Waals surface area contributed by atoms with E-state index in [1.165, 1.54) is 12.1 Å². The number of hydrogen-bond donors (Lipinski definition) is 0. The van der Waals surface area contributed by atoms with Gasteiger partial charge in [0.2, 0.25) is 0 Å². The molecule has 0 saturated heterocycles. The summed E-state index contributed by atoms with van der Waals surface area (Å²) in [4.78, 5) is 11.8. The van der Waals surface area contributed by atoms with E-state index in [0.29, 0.717) is 11.5 Å². The van der Waals surface area contributed by atoms with Crippen molar-refractivity contribution in [2.45, 2.75) is 13.2 Å². The number of para-hydroxylation sites is 2. The molecule has 3 rings (SSSR count). The molecule has 2 aromatic carbocycles. The lowest BCUT2D eigenvalue weighted by Crippen LogP contribution is -2.07. The summed E-state index contributed by atoms with van der Waals surface area (Å²) in [5.41, 5.74) is -0.130. The predicted molar refractivity (Wildman–Crippen MR) is 86.5 cm³/mol. The fourth-order valence-electron chi connectivity index (χ4n) is 2.07. The second-order valence-corrected chi connectivity index (χ2v) is 4.93. The third-order valence-electron chi connectivity index (χ3n) is 3.12. The highest BCUT2D eigenvalue weighted by atomic mass is 16.5. The first-order valence-corrected chi connectivity index (χ1v) is 7.28. The van der Waals surface area contributed by atoms with Gasteiger partial charge in [-0.05, 0) is 24.3 Å². The molecule has 0 bridgehead atoms. The molecule has 4 heteroatoms. The number of benzene rings is 2. The molecule has 0 aliphatic heterocycles. The van der Waals surface area contributed by atoms with Gasteiger partial charge < -0.3 is 13.9 Å². The van der Waals surface area contributed by atoms with Gasteiger partial charge in [0.15, 0.2) is 5.43 Å². The molecule has 0 radical (unpaired) electrons. The Morgan fingerprint density at radius 2 is 1.13 bits per heavy atom. The minimum atomic E-state index is -0.130. The fourth-order valence-corrected chi connectivity index (χ4v) is 2.07. The van der Waals surface area contributed by atoms with Crippen LogP contribution in [0.15, 0.2) is 82.0 Å². The Kier molecular flexibility index (Phi) is 4.74. The van der Waals surface area contributed by atoms with Crippen LogP contribution >= 0.6 is 0 Å². The standard InChI is InChI=1S/C19H16O4/c20-15-11-18(13-21-16-7-3-1-4-8-16)23-19(12-15)14-22-17-9-5-2-6-10-17/h1-12H,13-14H2. The van der Waals surface area contributed by atoms with Gasteiger partial charge in [0.1, 0.15) is 36.2 Å². The third kappa shape index (κ3) is 4.48. The van der Waals surface area contributed by atoms with E-state index in [2.05, 4.69) is 0 Å². The van der Waals surface area contributed by atoms with Crippen LogP contribution in [0.1, 0.15) is 11.5 Å². The summed E-state index contributed by atoms with van der Waals surface area (Å²) in [6.07, 6.45) is 0. The highest BCUT2D eigenvalue weighted by Crippen LogP contribution is 2.14. The number of hydrogen-bond acceptors (Lipinski definition) is 4. The lowest BCUT2D eigenvalue weighted by atomic mass is 10.3. The molecule has 0 aliphatic carbocycles. The van der Waals surface area contributed by atoms with Crippen LogP contribution in [0.2, 0.25) is 0 Å². The molecule has 3 aromatic rings. The summed E-state index contributed by atoms with van der Waals surface area (Å²) in [6.45, 7) is 0.386. The molecule has 1 aromatic heterocycles. The Morgan fingerprint density at radius 1 is 0.696 bits per heavy atom. The third-order valence-corrected chi connectivity index (χ3v) is 3.12. The van der Waals surface area contributed by atoms with Crippen molar-refractivity contribution in [2.24, 2.45) is 0 Å². The molecule has 0 spiro atoms. The Balaban J connectivity index is 1.65. The lowest BCUT2D eigenvalue weighted by molar-refractivity contribution is 0.230. The van der Waals surface area contributed by atoms with E-state index in [1.807, 2.05) is 60.7 Å². The SMILES string of the molecule is O=c1cc(COc2ccccc2)oc(COc2ccccc2)c1. The quantitative estimate of drug-likeness (QED) is 0.695. The van der Waals surface area contributed by atoms with Gasteiger partial charge in [-0.3, -0.25) is 4.79 Å². The molecular weight excluding hydrogens is 292 g/mol. The summed E-state index contributed by atoms with van der Waals surface area (Å²) < 4.78 is 16.8. The predicted octanol–water partition coefficient (Wildman–Crippen LogP) is 3.80. The van der Waals surface area contributed by atoms with Gasteiger partial charge in [0.25, 0.3) is 0 Å². The zero-order chi connectivity index (χ0) is 15.9. The van der Waals surface area contributed by atoms with Crippen molar-refractivity contribution >= 4 is 0 Å². The van der Waals surface area contributed by atoms with E-state index in [4.69, 9.17) is 13.9 Å². The molecule has 0 aliphatic rings. The van der Waals surface area contributed by atoms with E-state index < -0.39 is 0 Å². The fraction of sp³-hybridized carbons (Fsp3) is 0.105. The summed E-state index contributed by atoms with van der Waals surface area (Å²) >= 11 is 0. The Bertz CT molecular complexity index is 730. The van der Waals surface area contributed by atoms with Crippen molar-refractivity contribution in [3.05, 3.63) is 94.5 Å². The number of ether oxygens (including phenoxy) is 2. The largest absolute Gasteiger partial charge is 0.486 e. The second kappa shape index (κ2) is 7.31. The monoisotopic (exact) mass is 308 g/mol. The smallest absolute Gasteiger partial charge is 0.185 e. The van der Waals surface area contributed by atoms with E-state index in [-0.39, 0.29) is 18.6 Å². The highest BCUT2D eigenvalue weighted by molar-refractivity contribution is 5.22. The first kappa shape index (κ1) is 14.9. The van der Waals surface area contributed by atoms with Crippen LogP contribution in [0.3, 0.4) is 0 Å². The number of rotatable bonds is 6. The molecule has 23 heavy (non-hydrogen) atoms. The second-order valence-electron chi connectivity index (χ2n) is 4.93. The Morgan fingerprint density at radius 3 is 1.57 bits per heavy atom. The van der Waals surface area contributed by atoms with Crippen LogP contribution in [-0.2, 0) is 13.2 Å². The summed E-state index contributed by atoms with van der Waals surface area (Å²) in [7, 11) is 0. The summed E-state index contributed by atoms with van der Waals surface area (Å²) in [5.74, 6) is 2.38. The Hall–Kier alpha value is -3.01. The molecule has 0 atom stereocenters. The first-order chi connectivity index (χ1) is 11.3. The topological polar surface area (TPSA) is 48.7 Å². The van der Waals surface area contributed by atoms with E-state index in [1.54, 1.807) is 0 Å². The van der Waals surface area contributed by atoms with E-state index in [0.717, 1.165) is 11.5 Å². The van der Waals surface area contributed by atoms with Gasteiger partial charge in [-0.15, -0.1) is 0 Å². The van der Waals surface area contributed by atoms with Crippen molar-refractivity contribution in [3.63, 3.8) is 0 Å². The average Bonchev–Trinajstić information content (AvgIpc) is 2.60. The van der Waals surface area contributed by atoms with Gasteiger partial charge in [0, 0.05) is 12.1 Å². The maximum atomic E-state index is 11.8. The Labute approximate surface area is 133 Å². The molecule has 0 N–H and O–H groups in total. The molecule has 0 unspecified atom stereocenters. The van der Waals surface area contributed by atoms with Gasteiger partial charge in [-0.25, -0.2) is 0 Å². The highest BCUT2D eigenvalue weighted by Gasteiger charge is 2.05. The minimum absolute atomic E-state index is 0.130. The van der Waals surface area contributed by atoms with E-state index in [9.17, 15) is 4.79 Å². The van der Waals surface area contributed by atoms with Crippen molar-refractivity contribution in [1.82, 2.24) is 0 Å². The van der Waals surface area contributed by atoms with Gasteiger partial charge in [-0.1, -0.05) is 36.4 Å². The van der Waals surface area contributed by atoms with E-state index >= 15 is 0 Å². The van der Waals surface area contributed by atoms with Crippen LogP contribution < -0.4 is 14.9 Å². The lowest BCUT2D eigenvalue weighted by Gasteiger charge is -2.08. The van der Waals surface area contributed by atoms with Crippen LogP contribution in [-0.4, -0.2) is 0 Å². The molecule has 0 amide bonds. The van der Waals surface area contributed by atoms with Crippen LogP contribution in [0.5, 0.6) is 11.5 Å². The summed E-state index contributed by atoms with van der Waals surface area (Å²) in [5, 5.41) is 0. The zero-order valence-corrected chi connectivity index (χ0v) is 12.5. The van der Waals surface area contributed by atoms with Crippen LogP contribution in [0, 0.1) is 0 Å². The van der Waals surface area contributed by atoms with Crippen molar-refractivity contribution < 1.29 is 13.9 Å². The van der Waals surface area contributed by atoms with Crippen LogP contribution in [0.4, 0.5) is 0 Å². The molecule has 116 valence electrons. The van der Waals surface area contributed by atoms with Gasteiger partial charge in [0.05, 0.1) is 0 Å². The zero-order valence-electron chi connectivity index (χ0n) is 12.5.